The van der Waals surface area contributed by atoms with Crippen molar-refractivity contribution in [2.75, 3.05) is 50.0 Å². The molecule has 3 N–H and O–H groups in total. The lowest BCUT2D eigenvalue weighted by Crippen LogP contribution is -2.46. The van der Waals surface area contributed by atoms with Crippen LogP contribution in [0.5, 0.6) is 0 Å². The van der Waals surface area contributed by atoms with Crippen LogP contribution in [0.15, 0.2) is 30.5 Å². The molecule has 0 radical (unpaired) electrons. The molecule has 0 unspecified atom stereocenters. The van der Waals surface area contributed by atoms with Gasteiger partial charge >= 0.3 is 6.03 Å². The third-order valence-corrected chi connectivity index (χ3v) is 4.96. The van der Waals surface area contributed by atoms with Crippen molar-refractivity contribution in [3.8, 4) is 6.07 Å². The Morgan fingerprint density at radius 3 is 2.55 bits per heavy atom. The van der Waals surface area contributed by atoms with Gasteiger partial charge in [-0.05, 0) is 30.7 Å². The number of nitrogens with zero attached hydrogens (tertiary/aromatic N) is 5. The molecule has 2 aromatic heterocycles. The number of urea groups is 1. The van der Waals surface area contributed by atoms with E-state index in [4.69, 9.17) is 0 Å². The Bertz CT molecular complexity index is 962. The molecule has 1 saturated heterocycles. The first-order chi connectivity index (χ1) is 15.0. The molecule has 0 aromatic carbocycles. The quantitative estimate of drug-likeness (QED) is 0.638. The minimum absolute atomic E-state index is 0.235. The molecule has 0 atom stereocenters. The van der Waals surface area contributed by atoms with Crippen molar-refractivity contribution in [1.82, 2.24) is 25.5 Å². The first-order valence-corrected chi connectivity index (χ1v) is 10.1. The van der Waals surface area contributed by atoms with E-state index in [9.17, 15) is 14.9 Å². The lowest BCUT2D eigenvalue weighted by Gasteiger charge is -2.36. The molecule has 0 spiro atoms. The molecule has 10 nitrogen and oxygen atoms in total. The van der Waals surface area contributed by atoms with E-state index in [1.165, 1.54) is 7.05 Å². The van der Waals surface area contributed by atoms with E-state index in [1.54, 1.807) is 24.4 Å². The zero-order valence-electron chi connectivity index (χ0n) is 17.7. The standard InChI is InChI=1S/C21H26N8O2/c1-3-24-21(31)27-19-7-4-15(13-25-19)14-28-8-10-29(11-9-28)18-6-5-16(20(30)23-2)26-17(18)12-22/h4-7,13H,3,8-11,14H2,1-2H3,(H,23,30)(H2,24,25,27,31). The van der Waals surface area contributed by atoms with Crippen LogP contribution in [-0.2, 0) is 6.54 Å². The zero-order valence-corrected chi connectivity index (χ0v) is 17.7. The second-order valence-electron chi connectivity index (χ2n) is 7.05. The largest absolute Gasteiger partial charge is 0.367 e. The highest BCUT2D eigenvalue weighted by Gasteiger charge is 2.21. The summed E-state index contributed by atoms with van der Waals surface area (Å²) >= 11 is 0. The van der Waals surface area contributed by atoms with Crippen molar-refractivity contribution in [2.24, 2.45) is 0 Å². The molecular formula is C21H26N8O2. The predicted molar refractivity (Wildman–Crippen MR) is 117 cm³/mol. The molecule has 1 aliphatic heterocycles. The first-order valence-electron chi connectivity index (χ1n) is 10.1. The average Bonchev–Trinajstić information content (AvgIpc) is 2.80. The number of nitrogens with one attached hydrogen (secondary N) is 3. The van der Waals surface area contributed by atoms with Crippen molar-refractivity contribution < 1.29 is 9.59 Å². The van der Waals surface area contributed by atoms with Gasteiger partial charge in [-0.1, -0.05) is 6.07 Å². The van der Waals surface area contributed by atoms with Gasteiger partial charge in [0.25, 0.3) is 5.91 Å². The Hall–Kier alpha value is -3.71. The SMILES string of the molecule is CCNC(=O)Nc1ccc(CN2CCN(c3ccc(C(=O)NC)nc3C#N)CC2)cn1. The van der Waals surface area contributed by atoms with Crippen LogP contribution in [0.4, 0.5) is 16.3 Å². The lowest BCUT2D eigenvalue weighted by atomic mass is 10.2. The molecule has 162 valence electrons. The van der Waals surface area contributed by atoms with E-state index in [0.717, 1.165) is 44.0 Å². The van der Waals surface area contributed by atoms with Gasteiger partial charge in [0.1, 0.15) is 17.6 Å². The van der Waals surface area contributed by atoms with Crippen LogP contribution in [-0.4, -0.2) is 66.6 Å². The lowest BCUT2D eigenvalue weighted by molar-refractivity contribution is 0.0958. The molecule has 3 heterocycles. The van der Waals surface area contributed by atoms with Crippen LogP contribution in [0.25, 0.3) is 0 Å². The number of hydrogen-bond donors (Lipinski definition) is 3. The minimum Gasteiger partial charge on any atom is -0.367 e. The smallest absolute Gasteiger partial charge is 0.320 e. The summed E-state index contributed by atoms with van der Waals surface area (Å²) < 4.78 is 0. The summed E-state index contributed by atoms with van der Waals surface area (Å²) in [5.74, 6) is 0.199. The van der Waals surface area contributed by atoms with E-state index < -0.39 is 0 Å². The van der Waals surface area contributed by atoms with Crippen LogP contribution in [0.1, 0.15) is 28.7 Å². The van der Waals surface area contributed by atoms with Crippen LogP contribution in [0.2, 0.25) is 0 Å². The number of amides is 3. The van der Waals surface area contributed by atoms with Crippen LogP contribution < -0.4 is 20.9 Å². The molecule has 2 aromatic rings. The molecule has 31 heavy (non-hydrogen) atoms. The van der Waals surface area contributed by atoms with E-state index in [1.807, 2.05) is 13.0 Å². The van der Waals surface area contributed by atoms with Crippen LogP contribution in [0.3, 0.4) is 0 Å². The number of hydrogen-bond acceptors (Lipinski definition) is 7. The van der Waals surface area contributed by atoms with Gasteiger partial charge in [0, 0.05) is 52.5 Å². The minimum atomic E-state index is -0.311. The maximum absolute atomic E-state index is 11.8. The molecule has 3 rings (SSSR count). The number of anilines is 2. The van der Waals surface area contributed by atoms with Crippen LogP contribution in [0, 0.1) is 11.3 Å². The van der Waals surface area contributed by atoms with Crippen molar-refractivity contribution in [3.05, 3.63) is 47.4 Å². The number of aromatic nitrogens is 2. The Morgan fingerprint density at radius 1 is 1.16 bits per heavy atom. The fourth-order valence-corrected chi connectivity index (χ4v) is 3.36. The maximum atomic E-state index is 11.8. The third kappa shape index (κ3) is 5.67. The normalized spacial score (nSPS) is 13.9. The number of rotatable bonds is 6. The predicted octanol–water partition coefficient (Wildman–Crippen LogP) is 1.17. The second kappa shape index (κ2) is 10.4. The number of carbonyl (C=O) groups excluding carboxylic acids is 2. The summed E-state index contributed by atoms with van der Waals surface area (Å²) in [4.78, 5) is 36.2. The van der Waals surface area contributed by atoms with Crippen molar-refractivity contribution in [1.29, 1.82) is 5.26 Å². The Labute approximate surface area is 181 Å². The highest BCUT2D eigenvalue weighted by atomic mass is 16.2. The van der Waals surface area contributed by atoms with Gasteiger partial charge in [0.15, 0.2) is 5.69 Å². The summed E-state index contributed by atoms with van der Waals surface area (Å²) in [6, 6.07) is 9.01. The van der Waals surface area contributed by atoms with Gasteiger partial charge in [-0.25, -0.2) is 14.8 Å². The van der Waals surface area contributed by atoms with E-state index in [0.29, 0.717) is 12.4 Å². The molecule has 10 heteroatoms. The van der Waals surface area contributed by atoms with Gasteiger partial charge in [0.2, 0.25) is 0 Å². The number of carbonyl (C=O) groups is 2. The van der Waals surface area contributed by atoms with Gasteiger partial charge in [0.05, 0.1) is 5.69 Å². The van der Waals surface area contributed by atoms with Gasteiger partial charge in [-0.2, -0.15) is 5.26 Å². The second-order valence-corrected chi connectivity index (χ2v) is 7.05. The molecular weight excluding hydrogens is 396 g/mol. The highest BCUT2D eigenvalue weighted by Crippen LogP contribution is 2.21. The average molecular weight is 422 g/mol. The van der Waals surface area contributed by atoms with E-state index >= 15 is 0 Å². The fraction of sp³-hybridized carbons (Fsp3) is 0.381. The number of pyridine rings is 2. The summed E-state index contributed by atoms with van der Waals surface area (Å²) in [6.45, 7) is 6.30. The molecule has 1 fully saturated rings. The van der Waals surface area contributed by atoms with Gasteiger partial charge in [-0.15, -0.1) is 0 Å². The van der Waals surface area contributed by atoms with E-state index in [2.05, 4.69) is 41.8 Å². The summed E-state index contributed by atoms with van der Waals surface area (Å²) in [5.41, 5.74) is 2.30. The Kier molecular flexibility index (Phi) is 7.35. The number of nitriles is 1. The van der Waals surface area contributed by atoms with Crippen molar-refractivity contribution >= 4 is 23.4 Å². The molecule has 0 aliphatic carbocycles. The Morgan fingerprint density at radius 2 is 1.94 bits per heavy atom. The first kappa shape index (κ1) is 22.0. The maximum Gasteiger partial charge on any atom is 0.320 e. The van der Waals surface area contributed by atoms with Gasteiger partial charge < -0.3 is 15.5 Å². The topological polar surface area (TPSA) is 126 Å². The molecule has 1 aliphatic rings. The summed E-state index contributed by atoms with van der Waals surface area (Å²) in [7, 11) is 1.53. The monoisotopic (exact) mass is 422 g/mol. The van der Waals surface area contributed by atoms with Crippen LogP contribution >= 0.6 is 0 Å². The highest BCUT2D eigenvalue weighted by molar-refractivity contribution is 5.92. The van der Waals surface area contributed by atoms with Crippen molar-refractivity contribution in [3.63, 3.8) is 0 Å². The van der Waals surface area contributed by atoms with Crippen molar-refractivity contribution in [2.45, 2.75) is 13.5 Å². The summed E-state index contributed by atoms with van der Waals surface area (Å²) in [5, 5.41) is 17.3. The molecule has 3 amide bonds. The molecule has 0 bridgehead atoms. The van der Waals surface area contributed by atoms with Gasteiger partial charge in [-0.3, -0.25) is 15.0 Å². The Balaban J connectivity index is 1.56. The number of piperazine rings is 1. The fourth-order valence-electron chi connectivity index (χ4n) is 3.36. The van der Waals surface area contributed by atoms with E-state index in [-0.39, 0.29) is 23.3 Å². The zero-order chi connectivity index (χ0) is 22.2. The third-order valence-electron chi connectivity index (χ3n) is 4.96. The molecule has 0 saturated carbocycles. The summed E-state index contributed by atoms with van der Waals surface area (Å²) in [6.07, 6.45) is 1.77.